The molecule has 2 heterocycles. The van der Waals surface area contributed by atoms with Gasteiger partial charge in [0, 0.05) is 24.3 Å². The Hall–Kier alpha value is -2.78. The van der Waals surface area contributed by atoms with E-state index in [1.165, 1.54) is 40.8 Å². The fraction of sp³-hybridized carbons (Fsp3) is 0.316. The Kier molecular flexibility index (Phi) is 6.05. The predicted octanol–water partition coefficient (Wildman–Crippen LogP) is 1.72. The summed E-state index contributed by atoms with van der Waals surface area (Å²) in [4.78, 5) is 28.1. The summed E-state index contributed by atoms with van der Waals surface area (Å²) in [5.74, 6) is -1.10. The fourth-order valence-electron chi connectivity index (χ4n) is 3.09. The van der Waals surface area contributed by atoms with E-state index >= 15 is 0 Å². The van der Waals surface area contributed by atoms with Gasteiger partial charge in [-0.05, 0) is 56.2 Å². The molecule has 28 heavy (non-hydrogen) atoms. The Morgan fingerprint density at radius 2 is 1.75 bits per heavy atom. The van der Waals surface area contributed by atoms with E-state index in [0.717, 1.165) is 19.3 Å². The molecule has 0 aliphatic carbocycles. The number of nitrogens with one attached hydrogen (secondary N) is 2. The number of hydrogen-bond donors (Lipinski definition) is 2. The molecule has 1 atom stereocenters. The molecule has 2 N–H and O–H groups in total. The average Bonchev–Trinajstić information content (AvgIpc) is 2.72. The second-order valence-electron chi connectivity index (χ2n) is 6.61. The quantitative estimate of drug-likeness (QED) is 0.757. The third-order valence-electron chi connectivity index (χ3n) is 4.65. The lowest BCUT2D eigenvalue weighted by atomic mass is 10.1. The standard InChI is InChI=1S/C19H22N4O4S/c1-14-6-3-5-13-23(14)28(26,27)16-10-8-15(9-11-16)18(24)21-22-19(25)17-7-2-4-12-20-17/h2,4,7-12,14H,3,5-6,13H2,1H3,(H,21,24)(H,22,25)/t14-/m1/s1. The molecule has 0 unspecified atom stereocenters. The van der Waals surface area contributed by atoms with Crippen molar-refractivity contribution in [3.63, 3.8) is 0 Å². The van der Waals surface area contributed by atoms with Gasteiger partial charge in [0.15, 0.2) is 0 Å². The first kappa shape index (κ1) is 20.0. The Morgan fingerprint density at radius 1 is 1.04 bits per heavy atom. The number of benzene rings is 1. The third kappa shape index (κ3) is 4.37. The van der Waals surface area contributed by atoms with Crippen LogP contribution in [0.15, 0.2) is 53.6 Å². The van der Waals surface area contributed by atoms with Crippen LogP contribution in [0.4, 0.5) is 0 Å². The number of pyridine rings is 1. The van der Waals surface area contributed by atoms with Crippen molar-refractivity contribution >= 4 is 21.8 Å². The molecule has 0 radical (unpaired) electrons. The molecular weight excluding hydrogens is 380 g/mol. The second-order valence-corrected chi connectivity index (χ2v) is 8.50. The van der Waals surface area contributed by atoms with Crippen LogP contribution in [-0.2, 0) is 10.0 Å². The van der Waals surface area contributed by atoms with E-state index in [-0.39, 0.29) is 22.2 Å². The maximum absolute atomic E-state index is 12.8. The molecule has 2 aromatic rings. The molecule has 1 saturated heterocycles. The van der Waals surface area contributed by atoms with Gasteiger partial charge in [-0.1, -0.05) is 12.5 Å². The third-order valence-corrected chi connectivity index (χ3v) is 6.68. The molecular formula is C19H22N4O4S. The van der Waals surface area contributed by atoms with Crippen molar-refractivity contribution in [1.29, 1.82) is 0 Å². The number of carbonyl (C=O) groups is 2. The predicted molar refractivity (Wildman–Crippen MR) is 103 cm³/mol. The lowest BCUT2D eigenvalue weighted by Crippen LogP contribution is -2.42. The van der Waals surface area contributed by atoms with Crippen molar-refractivity contribution in [2.75, 3.05) is 6.54 Å². The summed E-state index contributed by atoms with van der Waals surface area (Å²) < 4.78 is 27.1. The first-order valence-electron chi connectivity index (χ1n) is 9.03. The smallest absolute Gasteiger partial charge is 0.267 e. The van der Waals surface area contributed by atoms with E-state index in [0.29, 0.717) is 6.54 Å². The first-order valence-corrected chi connectivity index (χ1v) is 10.5. The summed E-state index contributed by atoms with van der Waals surface area (Å²) in [6.07, 6.45) is 4.19. The van der Waals surface area contributed by atoms with E-state index in [9.17, 15) is 18.0 Å². The highest BCUT2D eigenvalue weighted by molar-refractivity contribution is 7.89. The molecule has 3 rings (SSSR count). The van der Waals surface area contributed by atoms with E-state index in [4.69, 9.17) is 0 Å². The Morgan fingerprint density at radius 3 is 2.39 bits per heavy atom. The molecule has 1 aliphatic rings. The van der Waals surface area contributed by atoms with E-state index < -0.39 is 21.8 Å². The normalized spacial score (nSPS) is 17.7. The summed E-state index contributed by atoms with van der Waals surface area (Å²) >= 11 is 0. The number of rotatable bonds is 4. The molecule has 1 aliphatic heterocycles. The number of piperidine rings is 1. The van der Waals surface area contributed by atoms with Crippen molar-refractivity contribution < 1.29 is 18.0 Å². The molecule has 1 aromatic carbocycles. The van der Waals surface area contributed by atoms with Gasteiger partial charge in [-0.3, -0.25) is 25.4 Å². The van der Waals surface area contributed by atoms with Gasteiger partial charge in [0.25, 0.3) is 11.8 Å². The Balaban J connectivity index is 1.65. The Bertz CT molecular complexity index is 946. The molecule has 0 saturated carbocycles. The minimum absolute atomic E-state index is 0.0384. The van der Waals surface area contributed by atoms with Crippen LogP contribution in [0, 0.1) is 0 Å². The largest absolute Gasteiger partial charge is 0.288 e. The van der Waals surface area contributed by atoms with Crippen LogP contribution in [0.3, 0.4) is 0 Å². The maximum Gasteiger partial charge on any atom is 0.288 e. The van der Waals surface area contributed by atoms with Crippen LogP contribution >= 0.6 is 0 Å². The topological polar surface area (TPSA) is 108 Å². The number of carbonyl (C=O) groups excluding carboxylic acids is 2. The van der Waals surface area contributed by atoms with Crippen molar-refractivity contribution in [3.8, 4) is 0 Å². The van der Waals surface area contributed by atoms with Gasteiger partial charge in [-0.25, -0.2) is 8.42 Å². The van der Waals surface area contributed by atoms with Gasteiger partial charge in [0.1, 0.15) is 5.69 Å². The van der Waals surface area contributed by atoms with Crippen LogP contribution in [0.2, 0.25) is 0 Å². The van der Waals surface area contributed by atoms with Crippen LogP contribution in [-0.4, -0.2) is 42.1 Å². The van der Waals surface area contributed by atoms with Crippen molar-refractivity contribution in [2.24, 2.45) is 0 Å². The zero-order chi connectivity index (χ0) is 20.1. The molecule has 1 fully saturated rings. The molecule has 0 bridgehead atoms. The minimum Gasteiger partial charge on any atom is -0.267 e. The number of aromatic nitrogens is 1. The van der Waals surface area contributed by atoms with Crippen LogP contribution in [0.1, 0.15) is 47.0 Å². The van der Waals surface area contributed by atoms with Gasteiger partial charge in [0.05, 0.1) is 4.90 Å². The van der Waals surface area contributed by atoms with Gasteiger partial charge in [0.2, 0.25) is 10.0 Å². The molecule has 8 nitrogen and oxygen atoms in total. The minimum atomic E-state index is -3.59. The number of hydrazine groups is 1. The summed E-state index contributed by atoms with van der Waals surface area (Å²) in [6, 6.07) is 10.5. The summed E-state index contributed by atoms with van der Waals surface area (Å²) in [5.41, 5.74) is 4.95. The second kappa shape index (κ2) is 8.49. The fourth-order valence-corrected chi connectivity index (χ4v) is 4.79. The van der Waals surface area contributed by atoms with Gasteiger partial charge < -0.3 is 0 Å². The lowest BCUT2D eigenvalue weighted by molar-refractivity contribution is 0.0844. The SMILES string of the molecule is C[C@@H]1CCCCN1S(=O)(=O)c1ccc(C(=O)NNC(=O)c2ccccn2)cc1. The van der Waals surface area contributed by atoms with E-state index in [1.807, 2.05) is 6.92 Å². The van der Waals surface area contributed by atoms with Crippen LogP contribution in [0.25, 0.3) is 0 Å². The Labute approximate surface area is 164 Å². The summed E-state index contributed by atoms with van der Waals surface area (Å²) in [7, 11) is -3.59. The molecule has 0 spiro atoms. The molecule has 1 aromatic heterocycles. The number of hydrogen-bond acceptors (Lipinski definition) is 5. The van der Waals surface area contributed by atoms with Gasteiger partial charge in [-0.15, -0.1) is 0 Å². The lowest BCUT2D eigenvalue weighted by Gasteiger charge is -2.32. The molecule has 2 amide bonds. The summed E-state index contributed by atoms with van der Waals surface area (Å²) in [5, 5.41) is 0. The molecule has 148 valence electrons. The molecule has 9 heteroatoms. The first-order chi connectivity index (χ1) is 13.4. The highest BCUT2D eigenvalue weighted by Crippen LogP contribution is 2.25. The highest BCUT2D eigenvalue weighted by atomic mass is 32.2. The van der Waals surface area contributed by atoms with Crippen molar-refractivity contribution in [1.82, 2.24) is 20.1 Å². The van der Waals surface area contributed by atoms with Gasteiger partial charge in [-0.2, -0.15) is 4.31 Å². The monoisotopic (exact) mass is 402 g/mol. The highest BCUT2D eigenvalue weighted by Gasteiger charge is 2.30. The van der Waals surface area contributed by atoms with Crippen LogP contribution in [0.5, 0.6) is 0 Å². The zero-order valence-electron chi connectivity index (χ0n) is 15.5. The van der Waals surface area contributed by atoms with Crippen molar-refractivity contribution in [3.05, 3.63) is 59.9 Å². The number of sulfonamides is 1. The average molecular weight is 402 g/mol. The van der Waals surface area contributed by atoms with Crippen molar-refractivity contribution in [2.45, 2.75) is 37.1 Å². The van der Waals surface area contributed by atoms with Crippen LogP contribution < -0.4 is 10.9 Å². The summed E-state index contributed by atoms with van der Waals surface area (Å²) in [6.45, 7) is 2.41. The van der Waals surface area contributed by atoms with Gasteiger partial charge >= 0.3 is 0 Å². The zero-order valence-corrected chi connectivity index (χ0v) is 16.3. The van der Waals surface area contributed by atoms with E-state index in [2.05, 4.69) is 15.8 Å². The maximum atomic E-state index is 12.8. The van der Waals surface area contributed by atoms with E-state index in [1.54, 1.807) is 12.1 Å². The number of nitrogens with zero attached hydrogens (tertiary/aromatic N) is 2. The number of amides is 2.